The van der Waals surface area contributed by atoms with Gasteiger partial charge in [-0.25, -0.2) is 4.68 Å². The fraction of sp³-hybridized carbons (Fsp3) is 0.462. The van der Waals surface area contributed by atoms with Crippen molar-refractivity contribution >= 4 is 5.69 Å². The predicted molar refractivity (Wildman–Crippen MR) is 73.5 cm³/mol. The van der Waals surface area contributed by atoms with Crippen LogP contribution in [0.1, 0.15) is 19.4 Å². The van der Waals surface area contributed by atoms with Crippen LogP contribution >= 0.6 is 0 Å². The fourth-order valence-corrected chi connectivity index (χ4v) is 1.79. The Hall–Kier alpha value is -1.95. The van der Waals surface area contributed by atoms with E-state index in [4.69, 9.17) is 4.74 Å². The highest BCUT2D eigenvalue weighted by Crippen LogP contribution is 2.19. The molecule has 6 nitrogen and oxygen atoms in total. The normalized spacial score (nSPS) is 12.4. The van der Waals surface area contributed by atoms with E-state index in [1.807, 2.05) is 25.1 Å². The molecule has 0 bridgehead atoms. The number of nitrogens with one attached hydrogen (secondary N) is 1. The van der Waals surface area contributed by atoms with Gasteiger partial charge in [-0.3, -0.25) is 0 Å². The minimum atomic E-state index is 0.253. The number of rotatable bonds is 6. The third-order valence-corrected chi connectivity index (χ3v) is 2.81. The number of anilines is 1. The molecular weight excluding hydrogens is 242 g/mol. The summed E-state index contributed by atoms with van der Waals surface area (Å²) in [7, 11) is 0. The van der Waals surface area contributed by atoms with Gasteiger partial charge in [0.05, 0.1) is 12.3 Å². The molecule has 0 saturated carbocycles. The fourth-order valence-electron chi connectivity index (χ4n) is 1.79. The maximum absolute atomic E-state index is 5.41. The van der Waals surface area contributed by atoms with Crippen LogP contribution in [-0.4, -0.2) is 39.5 Å². The molecule has 0 amide bonds. The van der Waals surface area contributed by atoms with Gasteiger partial charge in [-0.15, -0.1) is 5.10 Å². The maximum Gasteiger partial charge on any atom is 0.143 e. The summed E-state index contributed by atoms with van der Waals surface area (Å²) in [5, 5.41) is 14.6. The Labute approximate surface area is 112 Å². The number of nitrogens with zero attached hydrogens (tertiary/aromatic N) is 4. The van der Waals surface area contributed by atoms with Gasteiger partial charge in [-0.05, 0) is 48.9 Å². The Balaban J connectivity index is 2.13. The quantitative estimate of drug-likeness (QED) is 0.859. The summed E-state index contributed by atoms with van der Waals surface area (Å²) in [6.45, 7) is 7.58. The van der Waals surface area contributed by atoms with Gasteiger partial charge in [0, 0.05) is 18.3 Å². The van der Waals surface area contributed by atoms with E-state index >= 15 is 0 Å². The summed E-state index contributed by atoms with van der Waals surface area (Å²) in [6, 6.07) is 6.33. The SMILES string of the molecule is CCOCC(C)Nc1cc(-n2cnnn2)ccc1C. The van der Waals surface area contributed by atoms with E-state index < -0.39 is 0 Å². The van der Waals surface area contributed by atoms with Crippen LogP contribution in [0.2, 0.25) is 0 Å². The monoisotopic (exact) mass is 261 g/mol. The second kappa shape index (κ2) is 6.29. The first-order valence-corrected chi connectivity index (χ1v) is 6.39. The molecule has 102 valence electrons. The minimum absolute atomic E-state index is 0.253. The van der Waals surface area contributed by atoms with Crippen LogP contribution in [0.5, 0.6) is 0 Å². The summed E-state index contributed by atoms with van der Waals surface area (Å²) in [5.74, 6) is 0. The third kappa shape index (κ3) is 3.51. The molecule has 0 aliphatic carbocycles. The number of hydrogen-bond donors (Lipinski definition) is 1. The molecule has 1 aromatic carbocycles. The maximum atomic E-state index is 5.41. The Morgan fingerprint density at radius 1 is 1.42 bits per heavy atom. The Morgan fingerprint density at radius 2 is 2.26 bits per heavy atom. The lowest BCUT2D eigenvalue weighted by atomic mass is 10.1. The summed E-state index contributed by atoms with van der Waals surface area (Å²) in [6.07, 6.45) is 1.58. The average molecular weight is 261 g/mol. The van der Waals surface area contributed by atoms with E-state index in [-0.39, 0.29) is 6.04 Å². The molecular formula is C13H19N5O. The number of aryl methyl sites for hydroxylation is 1. The molecule has 1 unspecified atom stereocenters. The molecule has 19 heavy (non-hydrogen) atoms. The van der Waals surface area contributed by atoms with E-state index in [2.05, 4.69) is 34.7 Å². The van der Waals surface area contributed by atoms with Crippen molar-refractivity contribution in [2.24, 2.45) is 0 Å². The molecule has 1 atom stereocenters. The van der Waals surface area contributed by atoms with Gasteiger partial charge < -0.3 is 10.1 Å². The first-order chi connectivity index (χ1) is 9.20. The number of aromatic nitrogens is 4. The zero-order chi connectivity index (χ0) is 13.7. The summed E-state index contributed by atoms with van der Waals surface area (Å²) >= 11 is 0. The van der Waals surface area contributed by atoms with Crippen molar-refractivity contribution in [2.75, 3.05) is 18.5 Å². The molecule has 0 aliphatic heterocycles. The molecule has 1 aromatic heterocycles. The van der Waals surface area contributed by atoms with Crippen LogP contribution in [0.25, 0.3) is 5.69 Å². The van der Waals surface area contributed by atoms with Crippen molar-refractivity contribution in [3.05, 3.63) is 30.1 Å². The molecule has 2 rings (SSSR count). The Kier molecular flexibility index (Phi) is 4.46. The molecule has 0 saturated heterocycles. The van der Waals surface area contributed by atoms with Crippen LogP contribution < -0.4 is 5.32 Å². The van der Waals surface area contributed by atoms with Crippen molar-refractivity contribution in [1.82, 2.24) is 20.2 Å². The van der Waals surface area contributed by atoms with E-state index in [0.29, 0.717) is 6.61 Å². The van der Waals surface area contributed by atoms with Crippen molar-refractivity contribution in [3.63, 3.8) is 0 Å². The molecule has 0 radical (unpaired) electrons. The van der Waals surface area contributed by atoms with E-state index in [9.17, 15) is 0 Å². The van der Waals surface area contributed by atoms with Crippen molar-refractivity contribution < 1.29 is 4.74 Å². The number of hydrogen-bond acceptors (Lipinski definition) is 5. The number of tetrazole rings is 1. The summed E-state index contributed by atoms with van der Waals surface area (Å²) in [5.41, 5.74) is 3.18. The van der Waals surface area contributed by atoms with E-state index in [1.54, 1.807) is 11.0 Å². The van der Waals surface area contributed by atoms with Crippen LogP contribution in [0.15, 0.2) is 24.5 Å². The van der Waals surface area contributed by atoms with Gasteiger partial charge in [0.15, 0.2) is 0 Å². The molecule has 2 aromatic rings. The standard InChI is InChI=1S/C13H19N5O/c1-4-19-8-11(3)15-13-7-12(6-5-10(13)2)18-9-14-16-17-18/h5-7,9,11,15H,4,8H2,1-3H3. The van der Waals surface area contributed by atoms with E-state index in [1.165, 1.54) is 5.56 Å². The van der Waals surface area contributed by atoms with Crippen molar-refractivity contribution in [2.45, 2.75) is 26.8 Å². The first kappa shape index (κ1) is 13.5. The van der Waals surface area contributed by atoms with Gasteiger partial charge in [0.2, 0.25) is 0 Å². The molecule has 1 N–H and O–H groups in total. The molecule has 6 heteroatoms. The van der Waals surface area contributed by atoms with Gasteiger partial charge >= 0.3 is 0 Å². The van der Waals surface area contributed by atoms with Crippen molar-refractivity contribution in [3.8, 4) is 5.69 Å². The summed E-state index contributed by atoms with van der Waals surface area (Å²) in [4.78, 5) is 0. The minimum Gasteiger partial charge on any atom is -0.380 e. The lowest BCUT2D eigenvalue weighted by Crippen LogP contribution is -2.22. The van der Waals surface area contributed by atoms with Crippen LogP contribution in [-0.2, 0) is 4.74 Å². The van der Waals surface area contributed by atoms with Crippen LogP contribution in [0.4, 0.5) is 5.69 Å². The zero-order valence-corrected chi connectivity index (χ0v) is 11.5. The molecule has 0 aliphatic rings. The predicted octanol–water partition coefficient (Wildman–Crippen LogP) is 1.81. The topological polar surface area (TPSA) is 64.9 Å². The number of ether oxygens (including phenoxy) is 1. The number of benzene rings is 1. The molecule has 1 heterocycles. The molecule has 0 fully saturated rings. The second-order valence-corrected chi connectivity index (χ2v) is 4.46. The van der Waals surface area contributed by atoms with Crippen molar-refractivity contribution in [1.29, 1.82) is 0 Å². The summed E-state index contributed by atoms with van der Waals surface area (Å²) < 4.78 is 7.05. The Morgan fingerprint density at radius 3 is 2.95 bits per heavy atom. The van der Waals surface area contributed by atoms with Crippen LogP contribution in [0.3, 0.4) is 0 Å². The lowest BCUT2D eigenvalue weighted by molar-refractivity contribution is 0.141. The highest BCUT2D eigenvalue weighted by Gasteiger charge is 2.07. The third-order valence-electron chi connectivity index (χ3n) is 2.81. The smallest absolute Gasteiger partial charge is 0.143 e. The van der Waals surface area contributed by atoms with Gasteiger partial charge in [-0.2, -0.15) is 0 Å². The van der Waals surface area contributed by atoms with Gasteiger partial charge in [0.25, 0.3) is 0 Å². The van der Waals surface area contributed by atoms with E-state index in [0.717, 1.165) is 18.0 Å². The van der Waals surface area contributed by atoms with Gasteiger partial charge in [0.1, 0.15) is 6.33 Å². The second-order valence-electron chi connectivity index (χ2n) is 4.46. The average Bonchev–Trinajstić information content (AvgIpc) is 2.93. The first-order valence-electron chi connectivity index (χ1n) is 6.39. The zero-order valence-electron chi connectivity index (χ0n) is 11.5. The van der Waals surface area contributed by atoms with Crippen LogP contribution in [0, 0.1) is 6.92 Å². The largest absolute Gasteiger partial charge is 0.380 e. The Bertz CT molecular complexity index is 512. The van der Waals surface area contributed by atoms with Gasteiger partial charge in [-0.1, -0.05) is 6.07 Å². The highest BCUT2D eigenvalue weighted by atomic mass is 16.5. The lowest BCUT2D eigenvalue weighted by Gasteiger charge is -2.17. The molecule has 0 spiro atoms. The highest BCUT2D eigenvalue weighted by molar-refractivity contribution is 5.56.